The summed E-state index contributed by atoms with van der Waals surface area (Å²) in [4.78, 5) is 4.26. The minimum Gasteiger partial charge on any atom is -0.363 e. The summed E-state index contributed by atoms with van der Waals surface area (Å²) >= 11 is 5.12. The van der Waals surface area contributed by atoms with E-state index in [9.17, 15) is 0 Å². The second kappa shape index (κ2) is 4.90. The summed E-state index contributed by atoms with van der Waals surface area (Å²) in [5.41, 5.74) is 1.97. The third-order valence-corrected chi connectivity index (χ3v) is 2.44. The van der Waals surface area contributed by atoms with Gasteiger partial charge in [-0.15, -0.1) is 0 Å². The number of benzene rings is 1. The standard InChI is InChI=1S/C12H13N3S/c1-2-13-12(16)15-10-5-6-11-9(8-10)4-3-7-14-11/h3-8H,2H2,1H3,(H2,13,15,16). The van der Waals surface area contributed by atoms with E-state index in [2.05, 4.69) is 15.6 Å². The number of pyridine rings is 1. The van der Waals surface area contributed by atoms with Gasteiger partial charge in [-0.2, -0.15) is 0 Å². The molecule has 0 fully saturated rings. The summed E-state index contributed by atoms with van der Waals surface area (Å²) in [7, 11) is 0. The van der Waals surface area contributed by atoms with Gasteiger partial charge in [-0.3, -0.25) is 4.98 Å². The van der Waals surface area contributed by atoms with Crippen molar-refractivity contribution in [3.63, 3.8) is 0 Å². The van der Waals surface area contributed by atoms with Gasteiger partial charge in [0.15, 0.2) is 5.11 Å². The fourth-order valence-corrected chi connectivity index (χ4v) is 1.75. The Balaban J connectivity index is 2.22. The zero-order chi connectivity index (χ0) is 11.4. The van der Waals surface area contributed by atoms with Crippen molar-refractivity contribution >= 4 is 33.9 Å². The number of aromatic nitrogens is 1. The van der Waals surface area contributed by atoms with Crippen LogP contribution in [0.4, 0.5) is 5.69 Å². The normalized spacial score (nSPS) is 10.1. The number of rotatable bonds is 2. The molecule has 0 saturated carbocycles. The molecule has 0 saturated heterocycles. The highest BCUT2D eigenvalue weighted by Crippen LogP contribution is 2.16. The second-order valence-corrected chi connectivity index (χ2v) is 3.80. The van der Waals surface area contributed by atoms with Crippen LogP contribution >= 0.6 is 12.2 Å². The number of anilines is 1. The zero-order valence-corrected chi connectivity index (χ0v) is 9.84. The van der Waals surface area contributed by atoms with E-state index in [0.29, 0.717) is 5.11 Å². The molecule has 0 bridgehead atoms. The van der Waals surface area contributed by atoms with Gasteiger partial charge in [-0.1, -0.05) is 6.07 Å². The second-order valence-electron chi connectivity index (χ2n) is 3.40. The predicted octanol–water partition coefficient (Wildman–Crippen LogP) is 2.54. The SMILES string of the molecule is CCNC(=S)Nc1ccc2ncccc2c1. The molecule has 0 unspecified atom stereocenters. The molecule has 4 heteroatoms. The molecule has 0 atom stereocenters. The molecule has 3 nitrogen and oxygen atoms in total. The first-order valence-electron chi connectivity index (χ1n) is 5.19. The molecule has 0 spiro atoms. The molecule has 82 valence electrons. The monoisotopic (exact) mass is 231 g/mol. The van der Waals surface area contributed by atoms with Crippen LogP contribution in [0.15, 0.2) is 36.5 Å². The number of fused-ring (bicyclic) bond motifs is 1. The Morgan fingerprint density at radius 3 is 3.06 bits per heavy atom. The van der Waals surface area contributed by atoms with Gasteiger partial charge >= 0.3 is 0 Å². The number of nitrogens with one attached hydrogen (secondary N) is 2. The van der Waals surface area contributed by atoms with Crippen molar-refractivity contribution in [1.82, 2.24) is 10.3 Å². The van der Waals surface area contributed by atoms with Crippen LogP contribution < -0.4 is 10.6 Å². The van der Waals surface area contributed by atoms with E-state index in [0.717, 1.165) is 23.1 Å². The average molecular weight is 231 g/mol. The number of hydrogen-bond donors (Lipinski definition) is 2. The first-order valence-corrected chi connectivity index (χ1v) is 5.60. The zero-order valence-electron chi connectivity index (χ0n) is 9.03. The predicted molar refractivity (Wildman–Crippen MR) is 71.6 cm³/mol. The lowest BCUT2D eigenvalue weighted by molar-refractivity contribution is 0.979. The Morgan fingerprint density at radius 2 is 2.25 bits per heavy atom. The Bertz CT molecular complexity index is 510. The number of thiocarbonyl (C=S) groups is 1. The van der Waals surface area contributed by atoms with Gasteiger partial charge in [0.1, 0.15) is 0 Å². The molecule has 2 N–H and O–H groups in total. The molecule has 1 heterocycles. The van der Waals surface area contributed by atoms with Crippen molar-refractivity contribution in [2.45, 2.75) is 6.92 Å². The van der Waals surface area contributed by atoms with Gasteiger partial charge in [-0.25, -0.2) is 0 Å². The lowest BCUT2D eigenvalue weighted by Crippen LogP contribution is -2.27. The topological polar surface area (TPSA) is 37.0 Å². The van der Waals surface area contributed by atoms with Gasteiger partial charge in [0.25, 0.3) is 0 Å². The fraction of sp³-hybridized carbons (Fsp3) is 0.167. The van der Waals surface area contributed by atoms with E-state index in [-0.39, 0.29) is 0 Å². The van der Waals surface area contributed by atoms with Crippen LogP contribution in [0.5, 0.6) is 0 Å². The first kappa shape index (κ1) is 10.8. The number of nitrogens with zero attached hydrogens (tertiary/aromatic N) is 1. The minimum absolute atomic E-state index is 0.644. The molecule has 0 radical (unpaired) electrons. The van der Waals surface area contributed by atoms with Crippen LogP contribution in [-0.4, -0.2) is 16.6 Å². The van der Waals surface area contributed by atoms with Crippen LogP contribution in [0.2, 0.25) is 0 Å². The van der Waals surface area contributed by atoms with Crippen molar-refractivity contribution in [2.24, 2.45) is 0 Å². The van der Waals surface area contributed by atoms with Crippen LogP contribution in [0, 0.1) is 0 Å². The lowest BCUT2D eigenvalue weighted by atomic mass is 10.2. The van der Waals surface area contributed by atoms with Crippen LogP contribution in [-0.2, 0) is 0 Å². The highest BCUT2D eigenvalue weighted by molar-refractivity contribution is 7.80. The molecule has 0 aliphatic carbocycles. The van der Waals surface area contributed by atoms with Crippen molar-refractivity contribution in [2.75, 3.05) is 11.9 Å². The molecule has 2 rings (SSSR count). The maximum absolute atomic E-state index is 5.12. The quantitative estimate of drug-likeness (QED) is 0.779. The first-order chi connectivity index (χ1) is 7.79. The van der Waals surface area contributed by atoms with Gasteiger partial charge in [0.2, 0.25) is 0 Å². The molecule has 0 aliphatic rings. The summed E-state index contributed by atoms with van der Waals surface area (Å²) in [6, 6.07) is 9.94. The van der Waals surface area contributed by atoms with Gasteiger partial charge in [0.05, 0.1) is 5.52 Å². The van der Waals surface area contributed by atoms with Crippen LogP contribution in [0.3, 0.4) is 0 Å². The third kappa shape index (κ3) is 2.46. The van der Waals surface area contributed by atoms with Crippen molar-refractivity contribution in [3.8, 4) is 0 Å². The lowest BCUT2D eigenvalue weighted by Gasteiger charge is -2.09. The highest BCUT2D eigenvalue weighted by atomic mass is 32.1. The smallest absolute Gasteiger partial charge is 0.170 e. The van der Waals surface area contributed by atoms with E-state index < -0.39 is 0 Å². The summed E-state index contributed by atoms with van der Waals surface area (Å²) < 4.78 is 0. The molecule has 0 amide bonds. The van der Waals surface area contributed by atoms with Crippen LogP contribution in [0.1, 0.15) is 6.92 Å². The molecule has 2 aromatic rings. The summed E-state index contributed by atoms with van der Waals surface area (Å²) in [6.45, 7) is 2.83. The summed E-state index contributed by atoms with van der Waals surface area (Å²) in [5, 5.41) is 7.92. The van der Waals surface area contributed by atoms with Crippen LogP contribution in [0.25, 0.3) is 10.9 Å². The Kier molecular flexibility index (Phi) is 3.31. The molecular formula is C12H13N3S. The fourth-order valence-electron chi connectivity index (χ4n) is 1.49. The van der Waals surface area contributed by atoms with E-state index in [1.807, 2.05) is 37.3 Å². The Labute approximate surface area is 99.9 Å². The maximum atomic E-state index is 5.12. The Morgan fingerprint density at radius 1 is 1.38 bits per heavy atom. The third-order valence-electron chi connectivity index (χ3n) is 2.20. The van der Waals surface area contributed by atoms with E-state index in [1.165, 1.54) is 0 Å². The maximum Gasteiger partial charge on any atom is 0.170 e. The van der Waals surface area contributed by atoms with E-state index in [1.54, 1.807) is 6.20 Å². The minimum atomic E-state index is 0.644. The van der Waals surface area contributed by atoms with Gasteiger partial charge in [0, 0.05) is 23.8 Å². The largest absolute Gasteiger partial charge is 0.363 e. The van der Waals surface area contributed by atoms with E-state index >= 15 is 0 Å². The summed E-state index contributed by atoms with van der Waals surface area (Å²) in [6.07, 6.45) is 1.79. The van der Waals surface area contributed by atoms with Gasteiger partial charge in [-0.05, 0) is 43.4 Å². The average Bonchev–Trinajstić information content (AvgIpc) is 2.29. The van der Waals surface area contributed by atoms with Crippen molar-refractivity contribution in [3.05, 3.63) is 36.5 Å². The molecule has 16 heavy (non-hydrogen) atoms. The van der Waals surface area contributed by atoms with Crippen molar-refractivity contribution in [1.29, 1.82) is 0 Å². The van der Waals surface area contributed by atoms with Crippen molar-refractivity contribution < 1.29 is 0 Å². The van der Waals surface area contributed by atoms with E-state index in [4.69, 9.17) is 12.2 Å². The summed E-state index contributed by atoms with van der Waals surface area (Å²) in [5.74, 6) is 0. The molecule has 1 aromatic carbocycles. The molecule has 1 aromatic heterocycles. The highest BCUT2D eigenvalue weighted by Gasteiger charge is 1.98. The number of hydrogen-bond acceptors (Lipinski definition) is 2. The van der Waals surface area contributed by atoms with Gasteiger partial charge < -0.3 is 10.6 Å². The Hall–Kier alpha value is -1.68. The molecular weight excluding hydrogens is 218 g/mol. The molecule has 0 aliphatic heterocycles.